The molecule has 0 heterocycles. The van der Waals surface area contributed by atoms with Crippen molar-refractivity contribution in [2.45, 2.75) is 49.3 Å². The van der Waals surface area contributed by atoms with E-state index in [9.17, 15) is 17.6 Å². The van der Waals surface area contributed by atoms with Gasteiger partial charge in [0, 0.05) is 11.6 Å². The summed E-state index contributed by atoms with van der Waals surface area (Å²) in [5.74, 6) is -1.06. The summed E-state index contributed by atoms with van der Waals surface area (Å²) in [7, 11) is -3.96. The Balaban J connectivity index is 1.97. The highest BCUT2D eigenvalue weighted by Gasteiger charge is 2.38. The van der Waals surface area contributed by atoms with Gasteiger partial charge in [-0.15, -0.1) is 0 Å². The van der Waals surface area contributed by atoms with E-state index in [4.69, 9.17) is 16.7 Å². The Labute approximate surface area is 168 Å². The number of aromatic carboxylic acids is 1. The zero-order valence-corrected chi connectivity index (χ0v) is 16.7. The van der Waals surface area contributed by atoms with Crippen molar-refractivity contribution in [3.05, 3.63) is 64.7 Å². The molecule has 8 heteroatoms. The van der Waals surface area contributed by atoms with Gasteiger partial charge in [-0.2, -0.15) is 4.31 Å². The van der Waals surface area contributed by atoms with Crippen LogP contribution in [-0.4, -0.2) is 36.0 Å². The Morgan fingerprint density at radius 1 is 1.07 bits per heavy atom. The lowest BCUT2D eigenvalue weighted by molar-refractivity contribution is 0.0697. The van der Waals surface area contributed by atoms with E-state index in [2.05, 4.69) is 0 Å². The number of carbonyl (C=O) groups is 1. The van der Waals surface area contributed by atoms with Crippen LogP contribution in [-0.2, 0) is 16.6 Å². The van der Waals surface area contributed by atoms with Gasteiger partial charge in [0.2, 0.25) is 10.0 Å². The molecule has 2 atom stereocenters. The summed E-state index contributed by atoms with van der Waals surface area (Å²) in [6, 6.07) is 11.0. The first-order valence-electron chi connectivity index (χ1n) is 9.03. The maximum Gasteiger partial charge on any atom is 0.335 e. The van der Waals surface area contributed by atoms with Crippen molar-refractivity contribution in [3.8, 4) is 0 Å². The molecule has 0 amide bonds. The van der Waals surface area contributed by atoms with Crippen molar-refractivity contribution in [2.24, 2.45) is 0 Å². The maximum atomic E-state index is 14.7. The monoisotopic (exact) mass is 425 g/mol. The summed E-state index contributed by atoms with van der Waals surface area (Å²) in [5.41, 5.74) is 0.706. The van der Waals surface area contributed by atoms with Crippen molar-refractivity contribution < 1.29 is 22.7 Å². The lowest BCUT2D eigenvalue weighted by atomic mass is 9.93. The average molecular weight is 426 g/mol. The molecule has 1 aliphatic carbocycles. The smallest absolute Gasteiger partial charge is 0.335 e. The molecule has 0 unspecified atom stereocenters. The SMILES string of the molecule is O=C(O)c1ccc(CN([C@@H]2CCCC[C@H]2F)S(=O)(=O)c2ccc(Cl)cc2)cc1. The van der Waals surface area contributed by atoms with Crippen molar-refractivity contribution in [3.63, 3.8) is 0 Å². The van der Waals surface area contributed by atoms with Gasteiger partial charge < -0.3 is 5.11 Å². The third-order valence-corrected chi connectivity index (χ3v) is 7.11. The van der Waals surface area contributed by atoms with Crippen LogP contribution in [0, 0.1) is 0 Å². The van der Waals surface area contributed by atoms with E-state index in [0.29, 0.717) is 23.4 Å². The van der Waals surface area contributed by atoms with Crippen molar-refractivity contribution in [1.82, 2.24) is 4.31 Å². The number of hydrogen-bond donors (Lipinski definition) is 1. The number of benzene rings is 2. The van der Waals surface area contributed by atoms with E-state index in [1.807, 2.05) is 0 Å². The lowest BCUT2D eigenvalue weighted by Crippen LogP contribution is -2.46. The molecular weight excluding hydrogens is 405 g/mol. The molecule has 2 aromatic carbocycles. The molecule has 0 bridgehead atoms. The number of sulfonamides is 1. The predicted molar refractivity (Wildman–Crippen MR) is 105 cm³/mol. The predicted octanol–water partition coefficient (Wildman–Crippen LogP) is 4.51. The number of rotatable bonds is 6. The standard InChI is InChI=1S/C20H21ClFNO4S/c21-16-9-11-17(12-10-16)28(26,27)23(19-4-2-1-3-18(19)22)13-14-5-7-15(8-6-14)20(24)25/h5-12,18-19H,1-4,13H2,(H,24,25)/t18-,19-/m1/s1. The molecule has 0 aromatic heterocycles. The Hall–Kier alpha value is -1.96. The first kappa shape index (κ1) is 20.8. The molecule has 0 saturated heterocycles. The van der Waals surface area contributed by atoms with Crippen LogP contribution >= 0.6 is 11.6 Å². The molecule has 150 valence electrons. The fourth-order valence-corrected chi connectivity index (χ4v) is 5.24. The second kappa shape index (κ2) is 8.59. The van der Waals surface area contributed by atoms with Gasteiger partial charge in [-0.05, 0) is 54.8 Å². The van der Waals surface area contributed by atoms with Gasteiger partial charge in [0.05, 0.1) is 16.5 Å². The molecule has 0 aliphatic heterocycles. The Morgan fingerprint density at radius 3 is 2.25 bits per heavy atom. The molecule has 0 spiro atoms. The van der Waals surface area contributed by atoms with Gasteiger partial charge in [-0.1, -0.05) is 36.6 Å². The third-order valence-electron chi connectivity index (χ3n) is 4.98. The fourth-order valence-electron chi connectivity index (χ4n) is 3.45. The van der Waals surface area contributed by atoms with Gasteiger partial charge in [-0.3, -0.25) is 0 Å². The van der Waals surface area contributed by atoms with Gasteiger partial charge in [0.1, 0.15) is 6.17 Å². The van der Waals surface area contributed by atoms with E-state index >= 15 is 0 Å². The topological polar surface area (TPSA) is 74.7 Å². The van der Waals surface area contributed by atoms with E-state index in [1.54, 1.807) is 12.1 Å². The largest absolute Gasteiger partial charge is 0.478 e. The summed E-state index contributed by atoms with van der Waals surface area (Å²) < 4.78 is 42.5. The van der Waals surface area contributed by atoms with Crippen LogP contribution in [0.15, 0.2) is 53.4 Å². The summed E-state index contributed by atoms with van der Waals surface area (Å²) in [4.78, 5) is 11.1. The highest BCUT2D eigenvalue weighted by atomic mass is 35.5. The minimum absolute atomic E-state index is 0.0318. The van der Waals surface area contributed by atoms with Crippen LogP contribution in [0.2, 0.25) is 5.02 Å². The number of alkyl halides is 1. The van der Waals surface area contributed by atoms with E-state index in [0.717, 1.165) is 12.8 Å². The molecular formula is C20H21ClFNO4S. The highest BCUT2D eigenvalue weighted by molar-refractivity contribution is 7.89. The van der Waals surface area contributed by atoms with Gasteiger partial charge in [-0.25, -0.2) is 17.6 Å². The van der Waals surface area contributed by atoms with Crippen LogP contribution in [0.1, 0.15) is 41.6 Å². The molecule has 5 nitrogen and oxygen atoms in total. The van der Waals surface area contributed by atoms with Gasteiger partial charge >= 0.3 is 5.97 Å². The molecule has 1 N–H and O–H groups in total. The van der Waals surface area contributed by atoms with Crippen molar-refractivity contribution >= 4 is 27.6 Å². The second-order valence-corrected chi connectivity index (χ2v) is 9.20. The molecule has 2 aromatic rings. The minimum atomic E-state index is -3.96. The molecule has 0 radical (unpaired) electrons. The minimum Gasteiger partial charge on any atom is -0.478 e. The first-order valence-corrected chi connectivity index (χ1v) is 10.8. The van der Waals surface area contributed by atoms with Crippen molar-refractivity contribution in [1.29, 1.82) is 0 Å². The van der Waals surface area contributed by atoms with Crippen LogP contribution in [0.4, 0.5) is 4.39 Å². The summed E-state index contributed by atoms with van der Waals surface area (Å²) in [6.45, 7) is -0.0318. The number of hydrogen-bond acceptors (Lipinski definition) is 3. The summed E-state index contributed by atoms with van der Waals surface area (Å²) in [5, 5.41) is 9.44. The number of carboxylic acids is 1. The van der Waals surface area contributed by atoms with E-state index in [-0.39, 0.29) is 17.0 Å². The Morgan fingerprint density at radius 2 is 1.68 bits per heavy atom. The number of halogens is 2. The zero-order valence-electron chi connectivity index (χ0n) is 15.1. The van der Waals surface area contributed by atoms with E-state index in [1.165, 1.54) is 40.7 Å². The molecule has 3 rings (SSSR count). The first-order chi connectivity index (χ1) is 13.3. The number of carboxylic acid groups (broad SMARTS) is 1. The van der Waals surface area contributed by atoms with Crippen LogP contribution < -0.4 is 0 Å². The molecule has 28 heavy (non-hydrogen) atoms. The van der Waals surface area contributed by atoms with Gasteiger partial charge in [0.25, 0.3) is 0 Å². The molecule has 1 aliphatic rings. The second-order valence-electron chi connectivity index (χ2n) is 6.87. The average Bonchev–Trinajstić information content (AvgIpc) is 2.67. The normalized spacial score (nSPS) is 20.2. The van der Waals surface area contributed by atoms with E-state index < -0.39 is 28.2 Å². The molecule has 1 saturated carbocycles. The van der Waals surface area contributed by atoms with Gasteiger partial charge in [0.15, 0.2) is 0 Å². The van der Waals surface area contributed by atoms with Crippen LogP contribution in [0.3, 0.4) is 0 Å². The van der Waals surface area contributed by atoms with Crippen molar-refractivity contribution in [2.75, 3.05) is 0 Å². The summed E-state index contributed by atoms with van der Waals surface area (Å²) >= 11 is 5.87. The Kier molecular flexibility index (Phi) is 6.37. The highest BCUT2D eigenvalue weighted by Crippen LogP contribution is 2.31. The summed E-state index contributed by atoms with van der Waals surface area (Å²) in [6.07, 6.45) is 1.03. The quantitative estimate of drug-likeness (QED) is 0.738. The third kappa shape index (κ3) is 4.54. The van der Waals surface area contributed by atoms with Crippen LogP contribution in [0.5, 0.6) is 0 Å². The Bertz CT molecular complexity index is 932. The van der Waals surface area contributed by atoms with Crippen LogP contribution in [0.25, 0.3) is 0 Å². The zero-order chi connectivity index (χ0) is 20.3. The fraction of sp³-hybridized carbons (Fsp3) is 0.350. The maximum absolute atomic E-state index is 14.7. The number of nitrogens with zero attached hydrogens (tertiary/aromatic N) is 1. The molecule has 1 fully saturated rings. The lowest BCUT2D eigenvalue weighted by Gasteiger charge is -2.35.